The van der Waals surface area contributed by atoms with Crippen LogP contribution in [0.4, 0.5) is 0 Å². The van der Waals surface area contributed by atoms with Gasteiger partial charge in [-0.2, -0.15) is 0 Å². The number of rotatable bonds is 1. The van der Waals surface area contributed by atoms with E-state index in [0.29, 0.717) is 16.7 Å². The lowest BCUT2D eigenvalue weighted by Crippen LogP contribution is -2.55. The molecule has 8 atom stereocenters. The summed E-state index contributed by atoms with van der Waals surface area (Å²) in [4.78, 5) is 0. The van der Waals surface area contributed by atoms with Gasteiger partial charge in [0.25, 0.3) is 0 Å². The molecule has 0 bridgehead atoms. The zero-order valence-corrected chi connectivity index (χ0v) is 16.2. The SMILES string of the molecule is CC(C)(O)C1CCC2C3CCC4CC(O)CCC4(C)C3CCC21C. The first-order valence-corrected chi connectivity index (χ1v) is 10.6. The van der Waals surface area contributed by atoms with E-state index in [2.05, 4.69) is 13.8 Å². The molecule has 0 aromatic rings. The van der Waals surface area contributed by atoms with Gasteiger partial charge in [0.2, 0.25) is 0 Å². The minimum absolute atomic E-state index is 0.0421. The minimum Gasteiger partial charge on any atom is -0.393 e. The molecule has 0 saturated heterocycles. The van der Waals surface area contributed by atoms with E-state index in [-0.39, 0.29) is 6.10 Å². The van der Waals surface area contributed by atoms with Crippen LogP contribution >= 0.6 is 0 Å². The predicted molar refractivity (Wildman–Crippen MR) is 97.5 cm³/mol. The van der Waals surface area contributed by atoms with Gasteiger partial charge in [0.05, 0.1) is 11.7 Å². The fourth-order valence-electron chi connectivity index (χ4n) is 8.40. The summed E-state index contributed by atoms with van der Waals surface area (Å²) < 4.78 is 0. The molecule has 0 amide bonds. The Bertz CT molecular complexity index is 495. The molecule has 4 fully saturated rings. The number of hydrogen-bond donors (Lipinski definition) is 2. The molecule has 4 rings (SSSR count). The van der Waals surface area contributed by atoms with E-state index in [0.717, 1.165) is 36.5 Å². The van der Waals surface area contributed by atoms with Crippen molar-refractivity contribution in [2.45, 2.75) is 97.2 Å². The lowest BCUT2D eigenvalue weighted by molar-refractivity contribution is -0.141. The fourth-order valence-corrected chi connectivity index (χ4v) is 8.40. The molecule has 0 spiro atoms. The highest BCUT2D eigenvalue weighted by Gasteiger charge is 2.61. The molecule has 24 heavy (non-hydrogen) atoms. The molecule has 0 aromatic heterocycles. The van der Waals surface area contributed by atoms with E-state index < -0.39 is 5.60 Å². The third-order valence-electron chi connectivity index (χ3n) is 9.49. The molecule has 2 heteroatoms. The first-order chi connectivity index (χ1) is 11.2. The van der Waals surface area contributed by atoms with Crippen LogP contribution in [0.2, 0.25) is 0 Å². The van der Waals surface area contributed by atoms with Gasteiger partial charge < -0.3 is 10.2 Å². The summed E-state index contributed by atoms with van der Waals surface area (Å²) in [6, 6.07) is 0. The molecule has 138 valence electrons. The molecule has 2 nitrogen and oxygen atoms in total. The number of aliphatic hydroxyl groups is 2. The average molecular weight is 335 g/mol. The van der Waals surface area contributed by atoms with Crippen molar-refractivity contribution < 1.29 is 10.2 Å². The van der Waals surface area contributed by atoms with Crippen molar-refractivity contribution in [2.75, 3.05) is 0 Å². The van der Waals surface area contributed by atoms with Crippen LogP contribution in [-0.2, 0) is 0 Å². The highest BCUT2D eigenvalue weighted by Crippen LogP contribution is 2.68. The van der Waals surface area contributed by atoms with Gasteiger partial charge in [-0.05, 0) is 112 Å². The van der Waals surface area contributed by atoms with Gasteiger partial charge in [-0.3, -0.25) is 0 Å². The Kier molecular flexibility index (Phi) is 3.94. The smallest absolute Gasteiger partial charge is 0.0625 e. The van der Waals surface area contributed by atoms with Gasteiger partial charge in [0, 0.05) is 0 Å². The van der Waals surface area contributed by atoms with Gasteiger partial charge >= 0.3 is 0 Å². The average Bonchev–Trinajstić information content (AvgIpc) is 2.85. The zero-order chi connectivity index (χ0) is 17.3. The topological polar surface area (TPSA) is 40.5 Å². The Balaban J connectivity index is 1.61. The Morgan fingerprint density at radius 3 is 2.21 bits per heavy atom. The van der Waals surface area contributed by atoms with Gasteiger partial charge in [0.1, 0.15) is 0 Å². The summed E-state index contributed by atoms with van der Waals surface area (Å²) in [7, 11) is 0. The third kappa shape index (κ3) is 2.35. The number of hydrogen-bond acceptors (Lipinski definition) is 2. The predicted octanol–water partition coefficient (Wildman–Crippen LogP) is 4.78. The molecule has 2 N–H and O–H groups in total. The van der Waals surface area contributed by atoms with Crippen LogP contribution in [0, 0.1) is 40.4 Å². The quantitative estimate of drug-likeness (QED) is 0.724. The van der Waals surface area contributed by atoms with E-state index in [1.807, 2.05) is 13.8 Å². The standard InChI is InChI=1S/C22H38O2/c1-20(2,24)19-8-7-17-16-6-5-14-13-15(23)9-11-21(14,3)18(16)10-12-22(17,19)4/h14-19,23-24H,5-13H2,1-4H3. The highest BCUT2D eigenvalue weighted by atomic mass is 16.3. The van der Waals surface area contributed by atoms with E-state index in [1.165, 1.54) is 44.9 Å². The minimum atomic E-state index is -0.535. The highest BCUT2D eigenvalue weighted by molar-refractivity contribution is 5.11. The summed E-state index contributed by atoms with van der Waals surface area (Å²) in [5, 5.41) is 20.9. The molecule has 8 unspecified atom stereocenters. The molecule has 4 aliphatic rings. The Morgan fingerprint density at radius 1 is 0.833 bits per heavy atom. The van der Waals surface area contributed by atoms with Crippen LogP contribution in [0.15, 0.2) is 0 Å². The lowest BCUT2D eigenvalue weighted by atomic mass is 9.44. The van der Waals surface area contributed by atoms with E-state index in [1.54, 1.807) is 0 Å². The second-order valence-corrected chi connectivity index (χ2v) is 10.9. The van der Waals surface area contributed by atoms with Crippen molar-refractivity contribution in [3.8, 4) is 0 Å². The van der Waals surface area contributed by atoms with Crippen LogP contribution in [0.3, 0.4) is 0 Å². The van der Waals surface area contributed by atoms with Gasteiger partial charge in [0.15, 0.2) is 0 Å². The Hall–Kier alpha value is -0.0800. The summed E-state index contributed by atoms with van der Waals surface area (Å²) in [6.07, 6.45) is 11.2. The van der Waals surface area contributed by atoms with Crippen molar-refractivity contribution >= 4 is 0 Å². The summed E-state index contributed by atoms with van der Waals surface area (Å²) in [5.74, 6) is 3.76. The van der Waals surface area contributed by atoms with E-state index in [4.69, 9.17) is 0 Å². The maximum Gasteiger partial charge on any atom is 0.0625 e. The monoisotopic (exact) mass is 334 g/mol. The Labute approximate surface area is 148 Å². The molecular formula is C22H38O2. The lowest BCUT2D eigenvalue weighted by Gasteiger charge is -2.61. The van der Waals surface area contributed by atoms with Crippen LogP contribution < -0.4 is 0 Å². The van der Waals surface area contributed by atoms with Crippen LogP contribution in [0.5, 0.6) is 0 Å². The van der Waals surface area contributed by atoms with Crippen molar-refractivity contribution in [1.29, 1.82) is 0 Å². The second-order valence-electron chi connectivity index (χ2n) is 10.9. The first kappa shape index (κ1) is 17.3. The van der Waals surface area contributed by atoms with Crippen LogP contribution in [0.25, 0.3) is 0 Å². The Morgan fingerprint density at radius 2 is 1.50 bits per heavy atom. The molecule has 4 saturated carbocycles. The fraction of sp³-hybridized carbons (Fsp3) is 1.00. The first-order valence-electron chi connectivity index (χ1n) is 10.6. The third-order valence-corrected chi connectivity index (χ3v) is 9.49. The van der Waals surface area contributed by atoms with Crippen LogP contribution in [-0.4, -0.2) is 21.9 Å². The summed E-state index contributed by atoms with van der Waals surface area (Å²) in [6.45, 7) is 9.14. The summed E-state index contributed by atoms with van der Waals surface area (Å²) in [5.41, 5.74) is 0.277. The van der Waals surface area contributed by atoms with Gasteiger partial charge in [-0.1, -0.05) is 13.8 Å². The van der Waals surface area contributed by atoms with Gasteiger partial charge in [-0.15, -0.1) is 0 Å². The molecule has 0 radical (unpaired) electrons. The number of fused-ring (bicyclic) bond motifs is 5. The van der Waals surface area contributed by atoms with Gasteiger partial charge in [-0.25, -0.2) is 0 Å². The van der Waals surface area contributed by atoms with Crippen molar-refractivity contribution in [1.82, 2.24) is 0 Å². The number of aliphatic hydroxyl groups excluding tert-OH is 1. The van der Waals surface area contributed by atoms with E-state index in [9.17, 15) is 10.2 Å². The molecule has 0 aliphatic heterocycles. The maximum absolute atomic E-state index is 10.8. The van der Waals surface area contributed by atoms with Crippen molar-refractivity contribution in [3.05, 3.63) is 0 Å². The molecular weight excluding hydrogens is 296 g/mol. The van der Waals surface area contributed by atoms with Crippen molar-refractivity contribution in [2.24, 2.45) is 40.4 Å². The van der Waals surface area contributed by atoms with E-state index >= 15 is 0 Å². The van der Waals surface area contributed by atoms with Crippen molar-refractivity contribution in [3.63, 3.8) is 0 Å². The molecule has 4 aliphatic carbocycles. The molecule has 0 heterocycles. The molecule has 0 aromatic carbocycles. The summed E-state index contributed by atoms with van der Waals surface area (Å²) >= 11 is 0. The second kappa shape index (κ2) is 5.46. The normalized spacial score (nSPS) is 54.8. The van der Waals surface area contributed by atoms with Crippen LogP contribution in [0.1, 0.15) is 85.5 Å². The maximum atomic E-state index is 10.8. The zero-order valence-electron chi connectivity index (χ0n) is 16.2. The largest absolute Gasteiger partial charge is 0.393 e.